The fourth-order valence-corrected chi connectivity index (χ4v) is 3.24. The maximum absolute atomic E-state index is 12.7. The first-order valence-corrected chi connectivity index (χ1v) is 7.66. The smallest absolute Gasteiger partial charge is 0.228 e. The molecule has 0 aromatic heterocycles. The van der Waals surface area contributed by atoms with Crippen molar-refractivity contribution >= 4 is 5.91 Å². The van der Waals surface area contributed by atoms with Crippen LogP contribution in [-0.4, -0.2) is 19.0 Å². The first-order chi connectivity index (χ1) is 9.59. The average Bonchev–Trinajstić information content (AvgIpc) is 2.89. The van der Waals surface area contributed by atoms with E-state index in [2.05, 4.69) is 43.5 Å². The van der Waals surface area contributed by atoms with Crippen LogP contribution in [0.3, 0.4) is 0 Å². The quantitative estimate of drug-likeness (QED) is 0.866. The van der Waals surface area contributed by atoms with Crippen LogP contribution in [0.15, 0.2) is 24.3 Å². The van der Waals surface area contributed by atoms with Gasteiger partial charge in [-0.1, -0.05) is 37.6 Å². The summed E-state index contributed by atoms with van der Waals surface area (Å²) in [5.41, 5.74) is 2.24. The Balaban J connectivity index is 2.08. The van der Waals surface area contributed by atoms with Crippen LogP contribution in [0, 0.1) is 12.3 Å². The second kappa shape index (κ2) is 6.40. The van der Waals surface area contributed by atoms with Crippen molar-refractivity contribution in [2.45, 2.75) is 46.1 Å². The molecule has 0 radical (unpaired) electrons. The fraction of sp³-hybridized carbons (Fsp3) is 0.588. The lowest BCUT2D eigenvalue weighted by Gasteiger charge is -2.29. The maximum atomic E-state index is 12.7. The van der Waals surface area contributed by atoms with Crippen molar-refractivity contribution in [2.24, 2.45) is 5.41 Å². The highest BCUT2D eigenvalue weighted by Gasteiger charge is 2.40. The molecule has 1 fully saturated rings. The van der Waals surface area contributed by atoms with Gasteiger partial charge >= 0.3 is 0 Å². The molecule has 1 aliphatic heterocycles. The molecule has 2 unspecified atom stereocenters. The summed E-state index contributed by atoms with van der Waals surface area (Å²) in [6.45, 7) is 8.08. The number of amides is 1. The Morgan fingerprint density at radius 3 is 2.80 bits per heavy atom. The van der Waals surface area contributed by atoms with Gasteiger partial charge < -0.3 is 10.6 Å². The Labute approximate surface area is 122 Å². The van der Waals surface area contributed by atoms with E-state index < -0.39 is 0 Å². The SMILES string of the molecule is CCCC1(C(=O)NC(C)c2ccccc2C)CCNC1. The zero-order valence-electron chi connectivity index (χ0n) is 12.8. The Morgan fingerprint density at radius 1 is 1.45 bits per heavy atom. The molecule has 1 aromatic rings. The van der Waals surface area contributed by atoms with E-state index in [0.717, 1.165) is 32.4 Å². The number of carbonyl (C=O) groups is 1. The van der Waals surface area contributed by atoms with Crippen molar-refractivity contribution in [1.29, 1.82) is 0 Å². The molecule has 0 bridgehead atoms. The molecule has 3 heteroatoms. The van der Waals surface area contributed by atoms with E-state index in [-0.39, 0.29) is 17.4 Å². The normalized spacial score (nSPS) is 23.6. The van der Waals surface area contributed by atoms with Crippen LogP contribution in [0.25, 0.3) is 0 Å². The Hall–Kier alpha value is -1.35. The van der Waals surface area contributed by atoms with E-state index >= 15 is 0 Å². The molecular formula is C17H26N2O. The van der Waals surface area contributed by atoms with Crippen LogP contribution in [0.4, 0.5) is 0 Å². The summed E-state index contributed by atoms with van der Waals surface area (Å²) in [6.07, 6.45) is 2.97. The molecule has 1 saturated heterocycles. The maximum Gasteiger partial charge on any atom is 0.228 e. The van der Waals surface area contributed by atoms with Gasteiger partial charge in [-0.3, -0.25) is 4.79 Å². The molecule has 20 heavy (non-hydrogen) atoms. The van der Waals surface area contributed by atoms with Crippen LogP contribution >= 0.6 is 0 Å². The summed E-state index contributed by atoms with van der Waals surface area (Å²) in [5.74, 6) is 0.208. The van der Waals surface area contributed by atoms with Gasteiger partial charge in [-0.2, -0.15) is 0 Å². The lowest BCUT2D eigenvalue weighted by atomic mass is 9.81. The van der Waals surface area contributed by atoms with E-state index in [4.69, 9.17) is 0 Å². The summed E-state index contributed by atoms with van der Waals surface area (Å²) >= 11 is 0. The third-order valence-corrected chi connectivity index (χ3v) is 4.46. The van der Waals surface area contributed by atoms with E-state index in [0.29, 0.717) is 0 Å². The minimum absolute atomic E-state index is 0.0676. The number of hydrogen-bond acceptors (Lipinski definition) is 2. The van der Waals surface area contributed by atoms with Gasteiger partial charge in [0.2, 0.25) is 5.91 Å². The Bertz CT molecular complexity index is 464. The Kier molecular flexibility index (Phi) is 4.81. The molecule has 1 heterocycles. The third-order valence-electron chi connectivity index (χ3n) is 4.46. The van der Waals surface area contributed by atoms with E-state index in [1.165, 1.54) is 11.1 Å². The number of hydrogen-bond donors (Lipinski definition) is 2. The van der Waals surface area contributed by atoms with Crippen molar-refractivity contribution in [1.82, 2.24) is 10.6 Å². The highest BCUT2D eigenvalue weighted by atomic mass is 16.2. The first kappa shape index (κ1) is 15.0. The third kappa shape index (κ3) is 3.04. The highest BCUT2D eigenvalue weighted by molar-refractivity contribution is 5.83. The summed E-state index contributed by atoms with van der Waals surface area (Å²) in [7, 11) is 0. The van der Waals surface area contributed by atoms with Crippen LogP contribution in [0.1, 0.15) is 50.3 Å². The second-order valence-corrected chi connectivity index (χ2v) is 6.01. The average molecular weight is 274 g/mol. The van der Waals surface area contributed by atoms with Crippen LogP contribution in [-0.2, 0) is 4.79 Å². The topological polar surface area (TPSA) is 41.1 Å². The Morgan fingerprint density at radius 2 is 2.20 bits per heavy atom. The number of carbonyl (C=O) groups excluding carboxylic acids is 1. The van der Waals surface area contributed by atoms with E-state index in [1.807, 2.05) is 12.1 Å². The van der Waals surface area contributed by atoms with Crippen molar-refractivity contribution < 1.29 is 4.79 Å². The second-order valence-electron chi connectivity index (χ2n) is 6.01. The number of aryl methyl sites for hydroxylation is 1. The van der Waals surface area contributed by atoms with Gasteiger partial charge in [0.15, 0.2) is 0 Å². The number of rotatable bonds is 5. The standard InChI is InChI=1S/C17H26N2O/c1-4-9-17(10-11-18-12-17)16(20)19-14(3)15-8-6-5-7-13(15)2/h5-8,14,18H,4,9-12H2,1-3H3,(H,19,20). The lowest BCUT2D eigenvalue weighted by molar-refractivity contribution is -0.131. The van der Waals surface area contributed by atoms with Gasteiger partial charge in [0.05, 0.1) is 11.5 Å². The largest absolute Gasteiger partial charge is 0.349 e. The monoisotopic (exact) mass is 274 g/mol. The highest BCUT2D eigenvalue weighted by Crippen LogP contribution is 2.32. The molecular weight excluding hydrogens is 248 g/mol. The molecule has 2 rings (SSSR count). The number of nitrogens with one attached hydrogen (secondary N) is 2. The predicted octanol–water partition coefficient (Wildman–Crippen LogP) is 2.95. The van der Waals surface area contributed by atoms with Gasteiger partial charge in [-0.25, -0.2) is 0 Å². The van der Waals surface area contributed by atoms with E-state index in [9.17, 15) is 4.79 Å². The van der Waals surface area contributed by atoms with Gasteiger partial charge in [-0.15, -0.1) is 0 Å². The summed E-state index contributed by atoms with van der Waals surface area (Å²) in [5, 5.41) is 6.57. The molecule has 0 aliphatic carbocycles. The fourth-order valence-electron chi connectivity index (χ4n) is 3.24. The molecule has 3 nitrogen and oxygen atoms in total. The predicted molar refractivity (Wildman–Crippen MR) is 82.6 cm³/mol. The molecule has 1 aromatic carbocycles. The summed E-state index contributed by atoms with van der Waals surface area (Å²) < 4.78 is 0. The first-order valence-electron chi connectivity index (χ1n) is 7.66. The van der Waals surface area contributed by atoms with Crippen LogP contribution in [0.5, 0.6) is 0 Å². The molecule has 1 amide bonds. The van der Waals surface area contributed by atoms with Crippen LogP contribution < -0.4 is 10.6 Å². The molecule has 2 N–H and O–H groups in total. The van der Waals surface area contributed by atoms with Gasteiger partial charge in [0.25, 0.3) is 0 Å². The van der Waals surface area contributed by atoms with Gasteiger partial charge in [0, 0.05) is 6.54 Å². The summed E-state index contributed by atoms with van der Waals surface area (Å²) in [6, 6.07) is 8.32. The molecule has 0 saturated carbocycles. The van der Waals surface area contributed by atoms with Gasteiger partial charge in [-0.05, 0) is 44.4 Å². The zero-order chi connectivity index (χ0) is 14.6. The van der Waals surface area contributed by atoms with Crippen molar-refractivity contribution in [3.8, 4) is 0 Å². The molecule has 1 aliphatic rings. The zero-order valence-corrected chi connectivity index (χ0v) is 12.8. The van der Waals surface area contributed by atoms with Crippen molar-refractivity contribution in [2.75, 3.05) is 13.1 Å². The lowest BCUT2D eigenvalue weighted by Crippen LogP contribution is -2.43. The molecule has 2 atom stereocenters. The van der Waals surface area contributed by atoms with Crippen molar-refractivity contribution in [3.05, 3.63) is 35.4 Å². The van der Waals surface area contributed by atoms with Crippen LogP contribution in [0.2, 0.25) is 0 Å². The molecule has 0 spiro atoms. The number of benzene rings is 1. The van der Waals surface area contributed by atoms with E-state index in [1.54, 1.807) is 0 Å². The van der Waals surface area contributed by atoms with Gasteiger partial charge in [0.1, 0.15) is 0 Å². The molecule has 110 valence electrons. The van der Waals surface area contributed by atoms with Crippen molar-refractivity contribution in [3.63, 3.8) is 0 Å². The minimum atomic E-state index is -0.203. The summed E-state index contributed by atoms with van der Waals surface area (Å²) in [4.78, 5) is 12.7. The minimum Gasteiger partial charge on any atom is -0.349 e.